The van der Waals surface area contributed by atoms with E-state index in [4.69, 9.17) is 0 Å². The van der Waals surface area contributed by atoms with Gasteiger partial charge in [0.2, 0.25) is 0 Å². The van der Waals surface area contributed by atoms with Crippen LogP contribution in [0.4, 0.5) is 34.7 Å². The predicted molar refractivity (Wildman–Crippen MR) is 119 cm³/mol. The SMILES string of the molecule is CC(n1cnnc1-c1cccc(NC(=O)Nc2nc3c(s2)CCC(S(C)(=O)=O)N3)n1)C(F)(F)F. The van der Waals surface area contributed by atoms with Gasteiger partial charge in [-0.25, -0.2) is 23.2 Å². The number of pyridine rings is 1. The van der Waals surface area contributed by atoms with E-state index in [2.05, 4.69) is 36.1 Å². The van der Waals surface area contributed by atoms with Crippen LogP contribution in [0.15, 0.2) is 24.5 Å². The Hall–Kier alpha value is -3.27. The van der Waals surface area contributed by atoms with Crippen LogP contribution >= 0.6 is 11.3 Å². The Labute approximate surface area is 195 Å². The fourth-order valence-corrected chi connectivity index (χ4v) is 5.04. The quantitative estimate of drug-likeness (QED) is 0.469. The number of aromatic nitrogens is 5. The number of halogens is 3. The number of hydrogen-bond donors (Lipinski definition) is 3. The molecule has 3 N–H and O–H groups in total. The van der Waals surface area contributed by atoms with Crippen molar-refractivity contribution >= 4 is 44.0 Å². The summed E-state index contributed by atoms with van der Waals surface area (Å²) >= 11 is 1.21. The summed E-state index contributed by atoms with van der Waals surface area (Å²) in [6, 6.07) is 1.87. The first-order valence-corrected chi connectivity index (χ1v) is 12.7. The summed E-state index contributed by atoms with van der Waals surface area (Å²) in [4.78, 5) is 21.6. The molecule has 0 aromatic carbocycles. The number of hydrogen-bond acceptors (Lipinski definition) is 9. The van der Waals surface area contributed by atoms with Crippen molar-refractivity contribution in [3.05, 3.63) is 29.4 Å². The number of amides is 2. The third-order valence-corrected chi connectivity index (χ3v) is 7.47. The van der Waals surface area contributed by atoms with E-state index < -0.39 is 33.5 Å². The van der Waals surface area contributed by atoms with Gasteiger partial charge in [0.05, 0.1) is 4.88 Å². The van der Waals surface area contributed by atoms with Crippen molar-refractivity contribution in [2.24, 2.45) is 0 Å². The third-order valence-electron chi connectivity index (χ3n) is 5.05. The standard InChI is InChI=1S/C18H19F3N8O3S2/c1-9(18(19,20)21)29-8-22-28-15(29)10-4-3-5-12(23-10)24-16(30)27-17-26-14-11(33-17)6-7-13(25-14)34(2,31)32/h3-5,8-9,13,25H,6-7H2,1-2H3,(H2,23,24,26,27,30). The Kier molecular flexibility index (Phi) is 6.20. The van der Waals surface area contributed by atoms with E-state index in [1.807, 2.05) is 0 Å². The van der Waals surface area contributed by atoms with Crippen LogP contribution in [0.5, 0.6) is 0 Å². The highest BCUT2D eigenvalue weighted by molar-refractivity contribution is 7.91. The van der Waals surface area contributed by atoms with Gasteiger partial charge in [-0.05, 0) is 31.9 Å². The van der Waals surface area contributed by atoms with Crippen LogP contribution in [0, 0.1) is 0 Å². The lowest BCUT2D eigenvalue weighted by atomic mass is 10.2. The van der Waals surface area contributed by atoms with E-state index in [-0.39, 0.29) is 22.5 Å². The highest BCUT2D eigenvalue weighted by Crippen LogP contribution is 2.34. The van der Waals surface area contributed by atoms with Crippen LogP contribution in [0.25, 0.3) is 11.5 Å². The van der Waals surface area contributed by atoms with Gasteiger partial charge in [-0.15, -0.1) is 10.2 Å². The molecule has 0 bridgehead atoms. The van der Waals surface area contributed by atoms with Gasteiger partial charge < -0.3 is 9.88 Å². The molecule has 3 aromatic heterocycles. The number of fused-ring (bicyclic) bond motifs is 1. The summed E-state index contributed by atoms with van der Waals surface area (Å²) in [5, 5.41) is 14.7. The van der Waals surface area contributed by atoms with Gasteiger partial charge in [-0.1, -0.05) is 17.4 Å². The van der Waals surface area contributed by atoms with Gasteiger partial charge in [0, 0.05) is 6.26 Å². The maximum absolute atomic E-state index is 13.1. The van der Waals surface area contributed by atoms with Crippen molar-refractivity contribution in [3.8, 4) is 11.5 Å². The number of urea groups is 1. The molecule has 0 saturated carbocycles. The number of nitrogens with zero attached hydrogens (tertiary/aromatic N) is 5. The Morgan fingerprint density at radius 1 is 1.29 bits per heavy atom. The van der Waals surface area contributed by atoms with E-state index in [0.717, 1.165) is 29.0 Å². The smallest absolute Gasteiger partial charge is 0.353 e. The summed E-state index contributed by atoms with van der Waals surface area (Å²) in [6.07, 6.45) is -1.50. The summed E-state index contributed by atoms with van der Waals surface area (Å²) in [6.45, 7) is 0.975. The minimum absolute atomic E-state index is 0.0702. The second kappa shape index (κ2) is 8.83. The average Bonchev–Trinajstić information content (AvgIpc) is 3.37. The molecule has 1 aliphatic heterocycles. The zero-order chi connectivity index (χ0) is 24.7. The summed E-state index contributed by atoms with van der Waals surface area (Å²) < 4.78 is 63.8. The molecule has 34 heavy (non-hydrogen) atoms. The molecular formula is C18H19F3N8O3S2. The van der Waals surface area contributed by atoms with Crippen LogP contribution in [0.3, 0.4) is 0 Å². The number of nitrogens with one attached hydrogen (secondary N) is 3. The topological polar surface area (TPSA) is 144 Å². The molecule has 2 amide bonds. The second-order valence-electron chi connectivity index (χ2n) is 7.56. The number of sulfone groups is 1. The molecular weight excluding hydrogens is 497 g/mol. The highest BCUT2D eigenvalue weighted by atomic mass is 32.2. The Balaban J connectivity index is 1.46. The Morgan fingerprint density at radius 3 is 2.76 bits per heavy atom. The number of anilines is 3. The molecule has 1 aliphatic rings. The molecule has 0 radical (unpaired) electrons. The van der Waals surface area contributed by atoms with Crippen LogP contribution in [-0.4, -0.2) is 57.0 Å². The molecule has 4 rings (SSSR count). The summed E-state index contributed by atoms with van der Waals surface area (Å²) in [5.41, 5.74) is 0.0899. The fourth-order valence-electron chi connectivity index (χ4n) is 3.24. The van der Waals surface area contributed by atoms with Crippen molar-refractivity contribution in [1.29, 1.82) is 0 Å². The molecule has 2 atom stereocenters. The van der Waals surface area contributed by atoms with Gasteiger partial charge in [-0.3, -0.25) is 10.6 Å². The first-order chi connectivity index (χ1) is 15.9. The fraction of sp³-hybridized carbons (Fsp3) is 0.389. The molecule has 3 aromatic rings. The van der Waals surface area contributed by atoms with Gasteiger partial charge in [-0.2, -0.15) is 13.2 Å². The molecule has 0 fully saturated rings. The lowest BCUT2D eigenvalue weighted by Crippen LogP contribution is -2.32. The molecule has 0 spiro atoms. The van der Waals surface area contributed by atoms with Crippen LogP contribution in [0.1, 0.15) is 24.3 Å². The minimum atomic E-state index is -4.50. The molecule has 182 valence electrons. The van der Waals surface area contributed by atoms with E-state index in [9.17, 15) is 26.4 Å². The van der Waals surface area contributed by atoms with E-state index in [0.29, 0.717) is 18.7 Å². The lowest BCUT2D eigenvalue weighted by molar-refractivity contribution is -0.162. The molecule has 0 saturated heterocycles. The normalized spacial score (nSPS) is 16.9. The van der Waals surface area contributed by atoms with Gasteiger partial charge in [0.15, 0.2) is 20.8 Å². The van der Waals surface area contributed by atoms with Crippen molar-refractivity contribution in [1.82, 2.24) is 24.7 Å². The predicted octanol–water partition coefficient (Wildman–Crippen LogP) is 3.29. The maximum atomic E-state index is 13.1. The van der Waals surface area contributed by atoms with Crippen molar-refractivity contribution in [3.63, 3.8) is 0 Å². The molecule has 0 aliphatic carbocycles. The van der Waals surface area contributed by atoms with E-state index in [1.54, 1.807) is 0 Å². The van der Waals surface area contributed by atoms with Crippen LogP contribution < -0.4 is 16.0 Å². The summed E-state index contributed by atoms with van der Waals surface area (Å²) in [7, 11) is -3.29. The Bertz CT molecular complexity index is 1320. The summed E-state index contributed by atoms with van der Waals surface area (Å²) in [5.74, 6) is 0.369. The molecule has 11 nitrogen and oxygen atoms in total. The number of carbonyl (C=O) groups is 1. The molecule has 16 heteroatoms. The van der Waals surface area contributed by atoms with Gasteiger partial charge in [0.25, 0.3) is 0 Å². The lowest BCUT2D eigenvalue weighted by Gasteiger charge is -2.21. The van der Waals surface area contributed by atoms with Crippen LogP contribution in [0.2, 0.25) is 0 Å². The number of alkyl halides is 3. The number of aryl methyl sites for hydroxylation is 1. The van der Waals surface area contributed by atoms with Gasteiger partial charge >= 0.3 is 12.2 Å². The minimum Gasteiger partial charge on any atom is -0.353 e. The number of carbonyl (C=O) groups excluding carboxylic acids is 1. The average molecular weight is 517 g/mol. The van der Waals surface area contributed by atoms with Crippen molar-refractivity contribution in [2.45, 2.75) is 37.4 Å². The number of rotatable bonds is 5. The zero-order valence-electron chi connectivity index (χ0n) is 17.8. The first kappa shape index (κ1) is 23.9. The number of thiazole rings is 1. The van der Waals surface area contributed by atoms with Crippen molar-refractivity contribution < 1.29 is 26.4 Å². The molecule has 4 heterocycles. The first-order valence-electron chi connectivity index (χ1n) is 9.88. The van der Waals surface area contributed by atoms with Crippen LogP contribution in [-0.2, 0) is 16.3 Å². The maximum Gasteiger partial charge on any atom is 0.408 e. The monoisotopic (exact) mass is 516 g/mol. The van der Waals surface area contributed by atoms with Crippen molar-refractivity contribution in [2.75, 3.05) is 22.2 Å². The molecule has 2 unspecified atom stereocenters. The highest BCUT2D eigenvalue weighted by Gasteiger charge is 2.39. The third kappa shape index (κ3) is 5.11. The van der Waals surface area contributed by atoms with E-state index in [1.165, 1.54) is 29.5 Å². The second-order valence-corrected chi connectivity index (χ2v) is 10.9. The van der Waals surface area contributed by atoms with Gasteiger partial charge in [0.1, 0.15) is 35.1 Å². The van der Waals surface area contributed by atoms with E-state index >= 15 is 0 Å². The Morgan fingerprint density at radius 2 is 2.06 bits per heavy atom. The largest absolute Gasteiger partial charge is 0.408 e. The zero-order valence-corrected chi connectivity index (χ0v) is 19.4.